The Balaban J connectivity index is 2.06. The van der Waals surface area contributed by atoms with Crippen molar-refractivity contribution in [1.29, 1.82) is 0 Å². The number of aryl methyl sites for hydroxylation is 2. The molecule has 1 heterocycles. The first-order valence-electron chi connectivity index (χ1n) is 6.15. The molecule has 0 unspecified atom stereocenters. The third-order valence-electron chi connectivity index (χ3n) is 2.81. The summed E-state index contributed by atoms with van der Waals surface area (Å²) in [5.41, 5.74) is 2.61. The SMILES string of the molecule is CC(=O)Nc1ccc(NC(=O)c2cc(C)n(C)n2)cc1. The molecule has 6 nitrogen and oxygen atoms in total. The molecule has 2 aromatic rings. The molecule has 2 rings (SSSR count). The molecule has 1 aromatic carbocycles. The van der Waals surface area contributed by atoms with E-state index in [-0.39, 0.29) is 11.8 Å². The van der Waals surface area contributed by atoms with Crippen LogP contribution in [-0.4, -0.2) is 21.6 Å². The van der Waals surface area contributed by atoms with Gasteiger partial charge in [-0.2, -0.15) is 5.10 Å². The normalized spacial score (nSPS) is 10.2. The molecule has 104 valence electrons. The van der Waals surface area contributed by atoms with Gasteiger partial charge in [0.05, 0.1) is 0 Å². The van der Waals surface area contributed by atoms with Crippen LogP contribution in [0.5, 0.6) is 0 Å². The van der Waals surface area contributed by atoms with Gasteiger partial charge in [-0.1, -0.05) is 0 Å². The summed E-state index contributed by atoms with van der Waals surface area (Å²) in [4.78, 5) is 22.9. The topological polar surface area (TPSA) is 76.0 Å². The van der Waals surface area contributed by atoms with Crippen LogP contribution in [0, 0.1) is 6.92 Å². The van der Waals surface area contributed by atoms with Crippen LogP contribution in [0.2, 0.25) is 0 Å². The molecular formula is C14H16N4O2. The van der Waals surface area contributed by atoms with Gasteiger partial charge in [-0.05, 0) is 37.3 Å². The molecule has 2 N–H and O–H groups in total. The fourth-order valence-corrected chi connectivity index (χ4v) is 1.71. The summed E-state index contributed by atoms with van der Waals surface area (Å²) >= 11 is 0. The first-order chi connectivity index (χ1) is 9.45. The Morgan fingerprint density at radius 1 is 1.10 bits per heavy atom. The summed E-state index contributed by atoms with van der Waals surface area (Å²) in [5, 5.41) is 9.52. The van der Waals surface area contributed by atoms with Crippen LogP contribution in [0.15, 0.2) is 30.3 Å². The number of nitrogens with one attached hydrogen (secondary N) is 2. The van der Waals surface area contributed by atoms with Crippen molar-refractivity contribution < 1.29 is 9.59 Å². The number of hydrogen-bond donors (Lipinski definition) is 2. The number of aromatic nitrogens is 2. The van der Waals surface area contributed by atoms with Crippen LogP contribution in [-0.2, 0) is 11.8 Å². The largest absolute Gasteiger partial charge is 0.326 e. The number of carbonyl (C=O) groups excluding carboxylic acids is 2. The van der Waals surface area contributed by atoms with Crippen molar-refractivity contribution in [1.82, 2.24) is 9.78 Å². The lowest BCUT2D eigenvalue weighted by Gasteiger charge is -2.05. The van der Waals surface area contributed by atoms with E-state index in [1.807, 2.05) is 6.92 Å². The van der Waals surface area contributed by atoms with Gasteiger partial charge in [0, 0.05) is 31.0 Å². The zero-order valence-corrected chi connectivity index (χ0v) is 11.6. The standard InChI is InChI=1S/C14H16N4O2/c1-9-8-13(17-18(9)3)14(20)16-12-6-4-11(5-7-12)15-10(2)19/h4-8H,1-3H3,(H,15,19)(H,16,20). The maximum atomic E-state index is 12.0. The molecule has 0 aliphatic heterocycles. The molecule has 0 aliphatic rings. The van der Waals surface area contributed by atoms with Crippen molar-refractivity contribution in [2.75, 3.05) is 10.6 Å². The van der Waals surface area contributed by atoms with Gasteiger partial charge in [-0.25, -0.2) is 0 Å². The predicted octanol–water partition coefficient (Wildman–Crippen LogP) is 1.94. The Morgan fingerprint density at radius 2 is 1.65 bits per heavy atom. The van der Waals surface area contributed by atoms with Gasteiger partial charge in [0.25, 0.3) is 5.91 Å². The van der Waals surface area contributed by atoms with E-state index in [9.17, 15) is 9.59 Å². The monoisotopic (exact) mass is 272 g/mol. The van der Waals surface area contributed by atoms with Gasteiger partial charge in [0.1, 0.15) is 0 Å². The van der Waals surface area contributed by atoms with Crippen molar-refractivity contribution >= 4 is 23.2 Å². The summed E-state index contributed by atoms with van der Waals surface area (Å²) in [7, 11) is 1.79. The molecule has 0 bridgehead atoms. The molecule has 0 radical (unpaired) electrons. The van der Waals surface area contributed by atoms with Crippen LogP contribution in [0.1, 0.15) is 23.1 Å². The minimum Gasteiger partial charge on any atom is -0.326 e. The second-order valence-corrected chi connectivity index (χ2v) is 4.51. The molecule has 0 saturated heterocycles. The molecule has 2 amide bonds. The first-order valence-corrected chi connectivity index (χ1v) is 6.15. The van der Waals surface area contributed by atoms with Crippen LogP contribution < -0.4 is 10.6 Å². The Hall–Kier alpha value is -2.63. The van der Waals surface area contributed by atoms with Crippen molar-refractivity contribution in [3.05, 3.63) is 41.7 Å². The summed E-state index contributed by atoms with van der Waals surface area (Å²) in [6, 6.07) is 8.61. The van der Waals surface area contributed by atoms with Gasteiger partial charge < -0.3 is 10.6 Å². The van der Waals surface area contributed by atoms with Gasteiger partial charge in [-0.3, -0.25) is 14.3 Å². The molecule has 0 saturated carbocycles. The fraction of sp³-hybridized carbons (Fsp3) is 0.214. The lowest BCUT2D eigenvalue weighted by atomic mass is 10.2. The lowest BCUT2D eigenvalue weighted by Crippen LogP contribution is -2.13. The van der Waals surface area contributed by atoms with E-state index in [2.05, 4.69) is 15.7 Å². The molecule has 6 heteroatoms. The first kappa shape index (κ1) is 13.8. The van der Waals surface area contributed by atoms with Crippen LogP contribution in [0.4, 0.5) is 11.4 Å². The molecule has 0 aliphatic carbocycles. The molecule has 0 atom stereocenters. The zero-order chi connectivity index (χ0) is 14.7. The number of nitrogens with zero attached hydrogens (tertiary/aromatic N) is 2. The molecule has 20 heavy (non-hydrogen) atoms. The van der Waals surface area contributed by atoms with Gasteiger partial charge in [0.2, 0.25) is 5.91 Å². The van der Waals surface area contributed by atoms with Crippen LogP contribution in [0.25, 0.3) is 0 Å². The van der Waals surface area contributed by atoms with Crippen molar-refractivity contribution in [2.24, 2.45) is 7.05 Å². The molecule has 0 spiro atoms. The highest BCUT2D eigenvalue weighted by atomic mass is 16.2. The minimum atomic E-state index is -0.263. The zero-order valence-electron chi connectivity index (χ0n) is 11.6. The third kappa shape index (κ3) is 3.23. The van der Waals surface area contributed by atoms with E-state index in [0.29, 0.717) is 17.1 Å². The van der Waals surface area contributed by atoms with E-state index < -0.39 is 0 Å². The van der Waals surface area contributed by atoms with Gasteiger partial charge in [-0.15, -0.1) is 0 Å². The quantitative estimate of drug-likeness (QED) is 0.896. The highest BCUT2D eigenvalue weighted by Crippen LogP contribution is 2.14. The number of rotatable bonds is 3. The smallest absolute Gasteiger partial charge is 0.276 e. The summed E-state index contributed by atoms with van der Waals surface area (Å²) in [6.45, 7) is 3.32. The number of anilines is 2. The summed E-state index contributed by atoms with van der Waals surface area (Å²) in [6.07, 6.45) is 0. The van der Waals surface area contributed by atoms with E-state index >= 15 is 0 Å². The highest BCUT2D eigenvalue weighted by molar-refractivity contribution is 6.03. The molecule has 0 fully saturated rings. The van der Waals surface area contributed by atoms with Gasteiger partial charge >= 0.3 is 0 Å². The summed E-state index contributed by atoms with van der Waals surface area (Å²) in [5.74, 6) is -0.397. The fourth-order valence-electron chi connectivity index (χ4n) is 1.71. The highest BCUT2D eigenvalue weighted by Gasteiger charge is 2.11. The van der Waals surface area contributed by atoms with Crippen molar-refractivity contribution in [2.45, 2.75) is 13.8 Å². The van der Waals surface area contributed by atoms with Crippen LogP contribution >= 0.6 is 0 Å². The van der Waals surface area contributed by atoms with E-state index in [1.165, 1.54) is 6.92 Å². The second kappa shape index (κ2) is 5.56. The van der Waals surface area contributed by atoms with Crippen molar-refractivity contribution in [3.63, 3.8) is 0 Å². The van der Waals surface area contributed by atoms with E-state index in [0.717, 1.165) is 5.69 Å². The van der Waals surface area contributed by atoms with E-state index in [1.54, 1.807) is 42.1 Å². The maximum Gasteiger partial charge on any atom is 0.276 e. The van der Waals surface area contributed by atoms with E-state index in [4.69, 9.17) is 0 Å². The molecule has 1 aromatic heterocycles. The molecular weight excluding hydrogens is 256 g/mol. The summed E-state index contributed by atoms with van der Waals surface area (Å²) < 4.78 is 1.65. The second-order valence-electron chi connectivity index (χ2n) is 4.51. The number of amides is 2. The third-order valence-corrected chi connectivity index (χ3v) is 2.81. The lowest BCUT2D eigenvalue weighted by molar-refractivity contribution is -0.114. The Bertz CT molecular complexity index is 624. The predicted molar refractivity (Wildman–Crippen MR) is 76.6 cm³/mol. The van der Waals surface area contributed by atoms with Gasteiger partial charge in [0.15, 0.2) is 5.69 Å². The van der Waals surface area contributed by atoms with Crippen LogP contribution in [0.3, 0.4) is 0 Å². The average Bonchev–Trinajstić information content (AvgIpc) is 2.71. The Kier molecular flexibility index (Phi) is 3.84. The average molecular weight is 272 g/mol. The minimum absolute atomic E-state index is 0.134. The van der Waals surface area contributed by atoms with Crippen molar-refractivity contribution in [3.8, 4) is 0 Å². The number of hydrogen-bond acceptors (Lipinski definition) is 3. The Morgan fingerprint density at radius 3 is 2.10 bits per heavy atom. The Labute approximate surface area is 116 Å². The maximum absolute atomic E-state index is 12.0. The number of benzene rings is 1. The number of carbonyl (C=O) groups is 2.